The summed E-state index contributed by atoms with van der Waals surface area (Å²) < 4.78 is 36.6. The fourth-order valence-electron chi connectivity index (χ4n) is 3.88. The third-order valence-corrected chi connectivity index (χ3v) is 7.14. The Balaban J connectivity index is 1.54. The second-order valence-corrected chi connectivity index (χ2v) is 9.16. The van der Waals surface area contributed by atoms with Gasteiger partial charge in [-0.15, -0.1) is 0 Å². The predicted molar refractivity (Wildman–Crippen MR) is 109 cm³/mol. The predicted octanol–water partition coefficient (Wildman–Crippen LogP) is 1.57. The van der Waals surface area contributed by atoms with Crippen LogP contribution in [0, 0.1) is 0 Å². The van der Waals surface area contributed by atoms with Crippen molar-refractivity contribution >= 4 is 21.8 Å². The molecule has 8 nitrogen and oxygen atoms in total. The van der Waals surface area contributed by atoms with Crippen LogP contribution in [0.5, 0.6) is 11.5 Å². The van der Waals surface area contributed by atoms with Crippen LogP contribution in [0.1, 0.15) is 27.0 Å². The summed E-state index contributed by atoms with van der Waals surface area (Å²) in [4.78, 5) is 27.2. The molecule has 0 bridgehead atoms. The van der Waals surface area contributed by atoms with Crippen LogP contribution in [0.4, 0.5) is 0 Å². The number of hydrogen-bond acceptors (Lipinski definition) is 6. The van der Waals surface area contributed by atoms with Gasteiger partial charge in [0, 0.05) is 18.7 Å². The van der Waals surface area contributed by atoms with Crippen molar-refractivity contribution in [3.8, 4) is 11.5 Å². The highest BCUT2D eigenvalue weighted by Gasteiger charge is 2.38. The molecule has 2 amide bonds. The van der Waals surface area contributed by atoms with Gasteiger partial charge in [-0.25, -0.2) is 12.7 Å². The summed E-state index contributed by atoms with van der Waals surface area (Å²) in [6.45, 7) is 0.241. The van der Waals surface area contributed by atoms with Gasteiger partial charge in [-0.1, -0.05) is 18.2 Å². The van der Waals surface area contributed by atoms with Crippen molar-refractivity contribution in [2.75, 3.05) is 27.3 Å². The lowest BCUT2D eigenvalue weighted by Gasteiger charge is -2.33. The van der Waals surface area contributed by atoms with Crippen molar-refractivity contribution in [2.24, 2.45) is 0 Å². The highest BCUT2D eigenvalue weighted by molar-refractivity contribution is 7.89. The summed E-state index contributed by atoms with van der Waals surface area (Å²) in [6.07, 6.45) is 0.602. The molecule has 0 unspecified atom stereocenters. The number of ether oxygens (including phenoxy) is 2. The van der Waals surface area contributed by atoms with Gasteiger partial charge in [-0.3, -0.25) is 9.59 Å². The molecule has 9 heteroatoms. The Bertz CT molecular complexity index is 1130. The lowest BCUT2D eigenvalue weighted by Crippen LogP contribution is -2.49. The summed E-state index contributed by atoms with van der Waals surface area (Å²) in [5.74, 6) is -0.168. The van der Waals surface area contributed by atoms with Crippen LogP contribution >= 0.6 is 0 Å². The number of amides is 2. The summed E-state index contributed by atoms with van der Waals surface area (Å²) >= 11 is 0. The Morgan fingerprint density at radius 2 is 1.70 bits per heavy atom. The molecule has 2 heterocycles. The van der Waals surface area contributed by atoms with Crippen LogP contribution in [-0.2, 0) is 33.5 Å². The molecule has 2 aliphatic rings. The van der Waals surface area contributed by atoms with Crippen molar-refractivity contribution in [3.63, 3.8) is 0 Å². The number of benzene rings is 2. The summed E-state index contributed by atoms with van der Waals surface area (Å²) in [5, 5.41) is 0. The smallest absolute Gasteiger partial charge is 0.268 e. The Morgan fingerprint density at radius 3 is 2.40 bits per heavy atom. The van der Waals surface area contributed by atoms with Gasteiger partial charge >= 0.3 is 0 Å². The molecule has 0 N–H and O–H groups in total. The molecule has 0 atom stereocenters. The van der Waals surface area contributed by atoms with Crippen molar-refractivity contribution in [1.29, 1.82) is 0 Å². The van der Waals surface area contributed by atoms with E-state index in [1.807, 2.05) is 12.1 Å². The Morgan fingerprint density at radius 1 is 1.03 bits per heavy atom. The lowest BCUT2D eigenvalue weighted by atomic mass is 9.98. The number of methoxy groups -OCH3 is 2. The fraction of sp³-hybridized carbons (Fsp3) is 0.333. The lowest BCUT2D eigenvalue weighted by molar-refractivity contribution is -0.132. The fourth-order valence-corrected chi connectivity index (χ4v) is 5.34. The first-order valence-corrected chi connectivity index (χ1v) is 11.1. The van der Waals surface area contributed by atoms with Crippen LogP contribution < -0.4 is 9.47 Å². The molecule has 0 saturated carbocycles. The van der Waals surface area contributed by atoms with Gasteiger partial charge in [0.25, 0.3) is 5.91 Å². The average Bonchev–Trinajstić information content (AvgIpc) is 2.74. The van der Waals surface area contributed by atoms with E-state index in [0.717, 1.165) is 11.1 Å². The van der Waals surface area contributed by atoms with Crippen molar-refractivity contribution in [1.82, 2.24) is 9.21 Å². The van der Waals surface area contributed by atoms with Gasteiger partial charge in [0.1, 0.15) is 6.54 Å². The highest BCUT2D eigenvalue weighted by Crippen LogP contribution is 2.33. The minimum absolute atomic E-state index is 0.290. The van der Waals surface area contributed by atoms with Gasteiger partial charge in [0.2, 0.25) is 15.9 Å². The highest BCUT2D eigenvalue weighted by atomic mass is 32.2. The minimum Gasteiger partial charge on any atom is -0.493 e. The van der Waals surface area contributed by atoms with Crippen LogP contribution in [0.25, 0.3) is 0 Å². The molecule has 2 aromatic rings. The number of sulfonamides is 1. The first-order valence-electron chi connectivity index (χ1n) is 9.48. The normalized spacial score (nSPS) is 17.2. The number of nitrogens with zero attached hydrogens (tertiary/aromatic N) is 2. The third-order valence-electron chi connectivity index (χ3n) is 5.50. The molecule has 30 heavy (non-hydrogen) atoms. The summed E-state index contributed by atoms with van der Waals surface area (Å²) in [7, 11) is -0.791. The van der Waals surface area contributed by atoms with E-state index in [2.05, 4.69) is 0 Å². The molecule has 2 aliphatic heterocycles. The zero-order valence-electron chi connectivity index (χ0n) is 16.8. The molecule has 0 radical (unpaired) electrons. The van der Waals surface area contributed by atoms with Crippen LogP contribution in [-0.4, -0.2) is 56.7 Å². The maximum atomic E-state index is 12.9. The molecule has 2 aromatic carbocycles. The SMILES string of the molecule is COc1cc2c(cc1OC)CN(C(=O)CN1C(=O)c3ccccc3CS1(=O)=O)CC2. The molecule has 0 aromatic heterocycles. The number of carbonyl (C=O) groups excluding carboxylic acids is 2. The Labute approximate surface area is 175 Å². The van der Waals surface area contributed by atoms with E-state index >= 15 is 0 Å². The van der Waals surface area contributed by atoms with Gasteiger partial charge in [0.15, 0.2) is 11.5 Å². The third kappa shape index (κ3) is 3.49. The van der Waals surface area contributed by atoms with Crippen molar-refractivity contribution in [3.05, 3.63) is 58.7 Å². The molecular formula is C21H22N2O6S. The first kappa shape index (κ1) is 20.2. The van der Waals surface area contributed by atoms with E-state index in [4.69, 9.17) is 9.47 Å². The largest absolute Gasteiger partial charge is 0.493 e. The van der Waals surface area contributed by atoms with Gasteiger partial charge in [0.05, 0.1) is 20.0 Å². The van der Waals surface area contributed by atoms with E-state index < -0.39 is 28.4 Å². The zero-order chi connectivity index (χ0) is 21.5. The summed E-state index contributed by atoms with van der Waals surface area (Å²) in [5.41, 5.74) is 2.73. The van der Waals surface area contributed by atoms with E-state index in [-0.39, 0.29) is 5.75 Å². The van der Waals surface area contributed by atoms with Crippen molar-refractivity contribution in [2.45, 2.75) is 18.7 Å². The van der Waals surface area contributed by atoms with E-state index in [1.54, 1.807) is 43.4 Å². The minimum atomic E-state index is -3.90. The molecule has 0 fully saturated rings. The number of carbonyl (C=O) groups is 2. The molecule has 0 aliphatic carbocycles. The number of rotatable bonds is 4. The van der Waals surface area contributed by atoms with Gasteiger partial charge in [-0.05, 0) is 41.3 Å². The van der Waals surface area contributed by atoms with E-state index in [1.165, 1.54) is 0 Å². The van der Waals surface area contributed by atoms with E-state index in [0.29, 0.717) is 46.4 Å². The quantitative estimate of drug-likeness (QED) is 0.731. The van der Waals surface area contributed by atoms with Crippen LogP contribution in [0.2, 0.25) is 0 Å². The molecule has 0 spiro atoms. The second kappa shape index (κ2) is 7.64. The van der Waals surface area contributed by atoms with Gasteiger partial charge < -0.3 is 14.4 Å². The number of hydrogen-bond donors (Lipinski definition) is 0. The van der Waals surface area contributed by atoms with Crippen LogP contribution in [0.3, 0.4) is 0 Å². The second-order valence-electron chi connectivity index (χ2n) is 7.27. The monoisotopic (exact) mass is 430 g/mol. The maximum absolute atomic E-state index is 12.9. The molecule has 0 saturated heterocycles. The molecular weight excluding hydrogens is 408 g/mol. The zero-order valence-corrected chi connectivity index (χ0v) is 17.6. The first-order chi connectivity index (χ1) is 14.3. The topological polar surface area (TPSA) is 93.2 Å². The Kier molecular flexibility index (Phi) is 5.15. The summed E-state index contributed by atoms with van der Waals surface area (Å²) in [6, 6.07) is 10.3. The Hall–Kier alpha value is -3.07. The maximum Gasteiger partial charge on any atom is 0.268 e. The number of fused-ring (bicyclic) bond motifs is 2. The van der Waals surface area contributed by atoms with Crippen molar-refractivity contribution < 1.29 is 27.5 Å². The molecule has 158 valence electrons. The molecule has 4 rings (SSSR count). The average molecular weight is 430 g/mol. The standard InChI is InChI=1S/C21H22N2O6S/c1-28-18-9-14-7-8-22(11-16(14)10-19(18)29-2)20(24)12-23-21(25)17-6-4-3-5-15(17)13-30(23,26)27/h3-6,9-10H,7-8,11-13H2,1-2H3. The van der Waals surface area contributed by atoms with Gasteiger partial charge in [-0.2, -0.15) is 0 Å². The van der Waals surface area contributed by atoms with Crippen LogP contribution in [0.15, 0.2) is 36.4 Å². The van der Waals surface area contributed by atoms with E-state index in [9.17, 15) is 18.0 Å².